The fraction of sp³-hybridized carbons (Fsp3) is 0.500. The summed E-state index contributed by atoms with van der Waals surface area (Å²) >= 11 is 6.37. The van der Waals surface area contributed by atoms with Gasteiger partial charge in [-0.2, -0.15) is 5.10 Å². The molecule has 0 radical (unpaired) electrons. The molecule has 0 unspecified atom stereocenters. The van der Waals surface area contributed by atoms with Gasteiger partial charge in [0.15, 0.2) is 5.82 Å². The molecule has 0 amide bonds. The summed E-state index contributed by atoms with van der Waals surface area (Å²) in [6, 6.07) is 4.02. The maximum Gasteiger partial charge on any atom is 0.172 e. The summed E-state index contributed by atoms with van der Waals surface area (Å²) in [5.41, 5.74) is 2.30. The minimum absolute atomic E-state index is 0.0757. The fourth-order valence-corrected chi connectivity index (χ4v) is 2.43. The first-order valence-corrected chi connectivity index (χ1v) is 7.75. The Labute approximate surface area is 130 Å². The van der Waals surface area contributed by atoms with Crippen LogP contribution in [0.4, 0.5) is 0 Å². The number of halogens is 1. The van der Waals surface area contributed by atoms with Crippen molar-refractivity contribution in [2.45, 2.75) is 51.6 Å². The number of aromatic nitrogens is 3. The third-order valence-electron chi connectivity index (χ3n) is 3.52. The summed E-state index contributed by atoms with van der Waals surface area (Å²) in [5, 5.41) is 8.64. The number of hydrogen-bond donors (Lipinski definition) is 1. The van der Waals surface area contributed by atoms with Crippen molar-refractivity contribution < 1.29 is 0 Å². The van der Waals surface area contributed by atoms with Crippen molar-refractivity contribution in [2.24, 2.45) is 0 Å². The lowest BCUT2D eigenvalue weighted by atomic mass is 10.1. The van der Waals surface area contributed by atoms with E-state index in [-0.39, 0.29) is 5.54 Å². The first-order valence-electron chi connectivity index (χ1n) is 7.38. The second kappa shape index (κ2) is 5.43. The van der Waals surface area contributed by atoms with Crippen LogP contribution in [0.3, 0.4) is 0 Å². The molecule has 21 heavy (non-hydrogen) atoms. The van der Waals surface area contributed by atoms with E-state index in [1.165, 1.54) is 12.8 Å². The van der Waals surface area contributed by atoms with E-state index in [9.17, 15) is 0 Å². The van der Waals surface area contributed by atoms with Crippen molar-refractivity contribution >= 4 is 11.6 Å². The molecule has 0 spiro atoms. The smallest absolute Gasteiger partial charge is 0.172 e. The molecular weight excluding hydrogens is 284 g/mol. The second-order valence-corrected chi connectivity index (χ2v) is 7.12. The van der Waals surface area contributed by atoms with Gasteiger partial charge in [0, 0.05) is 30.4 Å². The molecule has 1 aliphatic rings. The fourth-order valence-electron chi connectivity index (χ4n) is 2.16. The highest BCUT2D eigenvalue weighted by atomic mass is 35.5. The van der Waals surface area contributed by atoms with Gasteiger partial charge in [-0.15, -0.1) is 0 Å². The van der Waals surface area contributed by atoms with Crippen LogP contribution in [0.1, 0.15) is 50.8 Å². The molecule has 2 aromatic heterocycles. The SMILES string of the molecule is CC(C)(C)NCc1cnc(-n2ccc(C3CC3)n2)c(Cl)c1. The Morgan fingerprint density at radius 3 is 2.76 bits per heavy atom. The van der Waals surface area contributed by atoms with Crippen LogP contribution < -0.4 is 5.32 Å². The van der Waals surface area contributed by atoms with E-state index < -0.39 is 0 Å². The Bertz CT molecular complexity index is 638. The molecule has 1 N–H and O–H groups in total. The minimum Gasteiger partial charge on any atom is -0.308 e. The van der Waals surface area contributed by atoms with Gasteiger partial charge in [0.05, 0.1) is 10.7 Å². The lowest BCUT2D eigenvalue weighted by molar-refractivity contribution is 0.424. The lowest BCUT2D eigenvalue weighted by Crippen LogP contribution is -2.35. The Kier molecular flexibility index (Phi) is 3.76. The Hall–Kier alpha value is -1.39. The van der Waals surface area contributed by atoms with Crippen molar-refractivity contribution in [2.75, 3.05) is 0 Å². The quantitative estimate of drug-likeness (QED) is 0.937. The molecule has 0 bridgehead atoms. The number of hydrogen-bond acceptors (Lipinski definition) is 3. The van der Waals surface area contributed by atoms with Crippen LogP contribution in [-0.4, -0.2) is 20.3 Å². The van der Waals surface area contributed by atoms with Gasteiger partial charge in [-0.1, -0.05) is 11.6 Å². The number of rotatable bonds is 4. The van der Waals surface area contributed by atoms with E-state index in [1.807, 2.05) is 18.5 Å². The van der Waals surface area contributed by atoms with Crippen molar-refractivity contribution in [3.63, 3.8) is 0 Å². The van der Waals surface area contributed by atoms with Crippen molar-refractivity contribution in [3.05, 3.63) is 40.8 Å². The number of pyridine rings is 1. The van der Waals surface area contributed by atoms with Crippen molar-refractivity contribution in [1.82, 2.24) is 20.1 Å². The van der Waals surface area contributed by atoms with Gasteiger partial charge in [0.2, 0.25) is 0 Å². The average Bonchev–Trinajstić information content (AvgIpc) is 3.15. The maximum atomic E-state index is 6.37. The molecule has 1 aliphatic carbocycles. The zero-order valence-electron chi connectivity index (χ0n) is 12.7. The van der Waals surface area contributed by atoms with Crippen LogP contribution in [0.2, 0.25) is 5.02 Å². The van der Waals surface area contributed by atoms with E-state index in [0.29, 0.717) is 16.8 Å². The zero-order chi connectivity index (χ0) is 15.0. The highest BCUT2D eigenvalue weighted by Crippen LogP contribution is 2.39. The van der Waals surface area contributed by atoms with Crippen LogP contribution in [0, 0.1) is 0 Å². The highest BCUT2D eigenvalue weighted by Gasteiger charge is 2.26. The summed E-state index contributed by atoms with van der Waals surface area (Å²) in [6.45, 7) is 7.17. The van der Waals surface area contributed by atoms with Gasteiger partial charge >= 0.3 is 0 Å². The molecular formula is C16H21ClN4. The van der Waals surface area contributed by atoms with Crippen LogP contribution in [-0.2, 0) is 6.54 Å². The van der Waals surface area contributed by atoms with E-state index in [1.54, 1.807) is 4.68 Å². The Morgan fingerprint density at radius 1 is 1.38 bits per heavy atom. The Morgan fingerprint density at radius 2 is 2.14 bits per heavy atom. The second-order valence-electron chi connectivity index (χ2n) is 6.71. The first kappa shape index (κ1) is 14.5. The van der Waals surface area contributed by atoms with Crippen LogP contribution in [0.5, 0.6) is 0 Å². The standard InChI is InChI=1S/C16H21ClN4/c1-16(2,3)19-10-11-8-13(17)15(18-9-11)21-7-6-14(20-21)12-4-5-12/h6-9,12,19H,4-5,10H2,1-3H3. The van der Waals surface area contributed by atoms with Crippen LogP contribution in [0.15, 0.2) is 24.5 Å². The topological polar surface area (TPSA) is 42.7 Å². The molecule has 2 heterocycles. The highest BCUT2D eigenvalue weighted by molar-refractivity contribution is 6.32. The van der Waals surface area contributed by atoms with E-state index >= 15 is 0 Å². The van der Waals surface area contributed by atoms with Crippen LogP contribution in [0.25, 0.3) is 5.82 Å². The minimum atomic E-state index is 0.0757. The molecule has 112 valence electrons. The van der Waals surface area contributed by atoms with Gasteiger partial charge in [-0.05, 0) is 51.3 Å². The lowest BCUT2D eigenvalue weighted by Gasteiger charge is -2.20. The predicted octanol–water partition coefficient (Wildman–Crippen LogP) is 3.69. The van der Waals surface area contributed by atoms with Gasteiger partial charge in [0.25, 0.3) is 0 Å². The summed E-state index contributed by atoms with van der Waals surface area (Å²) in [5.74, 6) is 1.34. The molecule has 0 aromatic carbocycles. The number of nitrogens with one attached hydrogen (secondary N) is 1. The average molecular weight is 305 g/mol. The van der Waals surface area contributed by atoms with E-state index in [4.69, 9.17) is 11.6 Å². The molecule has 4 nitrogen and oxygen atoms in total. The van der Waals surface area contributed by atoms with Gasteiger partial charge in [-0.25, -0.2) is 9.67 Å². The van der Waals surface area contributed by atoms with Crippen molar-refractivity contribution in [3.8, 4) is 5.82 Å². The summed E-state index contributed by atoms with van der Waals surface area (Å²) in [4.78, 5) is 4.47. The largest absolute Gasteiger partial charge is 0.308 e. The molecule has 1 saturated carbocycles. The molecule has 3 rings (SSSR count). The molecule has 0 saturated heterocycles. The van der Waals surface area contributed by atoms with Gasteiger partial charge in [-0.3, -0.25) is 0 Å². The molecule has 0 aliphatic heterocycles. The van der Waals surface area contributed by atoms with Crippen molar-refractivity contribution in [1.29, 1.82) is 0 Å². The van der Waals surface area contributed by atoms with E-state index in [2.05, 4.69) is 42.2 Å². The summed E-state index contributed by atoms with van der Waals surface area (Å²) < 4.78 is 1.77. The van der Waals surface area contributed by atoms with Crippen LogP contribution >= 0.6 is 11.6 Å². The van der Waals surface area contributed by atoms with Gasteiger partial charge in [0.1, 0.15) is 0 Å². The predicted molar refractivity (Wildman–Crippen MR) is 84.9 cm³/mol. The Balaban J connectivity index is 1.76. The molecule has 0 atom stereocenters. The van der Waals surface area contributed by atoms with Gasteiger partial charge < -0.3 is 5.32 Å². The number of nitrogens with zero attached hydrogens (tertiary/aromatic N) is 3. The molecule has 5 heteroatoms. The normalized spacial score (nSPS) is 15.4. The third kappa shape index (κ3) is 3.63. The monoisotopic (exact) mass is 304 g/mol. The molecule has 2 aromatic rings. The zero-order valence-corrected chi connectivity index (χ0v) is 13.5. The molecule has 1 fully saturated rings. The summed E-state index contributed by atoms with van der Waals surface area (Å²) in [7, 11) is 0. The maximum absolute atomic E-state index is 6.37. The summed E-state index contributed by atoms with van der Waals surface area (Å²) in [6.07, 6.45) is 6.29. The third-order valence-corrected chi connectivity index (χ3v) is 3.80. The first-order chi connectivity index (χ1) is 9.92. The van der Waals surface area contributed by atoms with E-state index in [0.717, 1.165) is 17.8 Å².